The lowest BCUT2D eigenvalue weighted by molar-refractivity contribution is 0.0773. The molecule has 1 unspecified atom stereocenters. The molecule has 4 nitrogen and oxygen atoms in total. The van der Waals surface area contributed by atoms with Crippen molar-refractivity contribution in [3.63, 3.8) is 0 Å². The van der Waals surface area contributed by atoms with Crippen molar-refractivity contribution in [3.8, 4) is 0 Å². The number of piperidine rings is 1. The van der Waals surface area contributed by atoms with Crippen LogP contribution in [0.2, 0.25) is 0 Å². The van der Waals surface area contributed by atoms with Gasteiger partial charge in [0.2, 0.25) is 0 Å². The second-order valence-electron chi connectivity index (χ2n) is 8.75. The predicted molar refractivity (Wildman–Crippen MR) is 137 cm³/mol. The average Bonchev–Trinajstić information content (AvgIpc) is 2.87. The highest BCUT2D eigenvalue weighted by Crippen LogP contribution is 2.32. The number of likely N-dealkylation sites (tertiary alicyclic amines) is 1. The predicted octanol–water partition coefficient (Wildman–Crippen LogP) is 5.97. The number of carbonyl (C=O) groups is 1. The largest absolute Gasteiger partial charge is 0.339 e. The normalized spacial score (nSPS) is 16.4. The van der Waals surface area contributed by atoms with Crippen molar-refractivity contribution >= 4 is 17.3 Å². The van der Waals surface area contributed by atoms with E-state index in [9.17, 15) is 4.79 Å². The second-order valence-corrected chi connectivity index (χ2v) is 8.75. The van der Waals surface area contributed by atoms with Gasteiger partial charge < -0.3 is 9.80 Å². The van der Waals surface area contributed by atoms with E-state index in [2.05, 4.69) is 82.6 Å². The van der Waals surface area contributed by atoms with Gasteiger partial charge in [-0.25, -0.2) is 0 Å². The number of benzene rings is 3. The van der Waals surface area contributed by atoms with Crippen LogP contribution in [0.3, 0.4) is 0 Å². The molecule has 4 rings (SSSR count). The molecule has 1 aliphatic heterocycles. The van der Waals surface area contributed by atoms with Crippen molar-refractivity contribution < 1.29 is 4.79 Å². The summed E-state index contributed by atoms with van der Waals surface area (Å²) in [6.45, 7) is 8.64. The van der Waals surface area contributed by atoms with Crippen LogP contribution in [0.15, 0.2) is 84.9 Å². The Bertz CT molecular complexity index is 1000. The minimum atomic E-state index is 0.101. The minimum Gasteiger partial charge on any atom is -0.339 e. The van der Waals surface area contributed by atoms with Gasteiger partial charge in [-0.2, -0.15) is 0 Å². The molecule has 0 aliphatic carbocycles. The van der Waals surface area contributed by atoms with Gasteiger partial charge in [0.15, 0.2) is 0 Å². The average molecular weight is 442 g/mol. The van der Waals surface area contributed by atoms with Crippen LogP contribution in [0.4, 0.5) is 11.4 Å². The Morgan fingerprint density at radius 2 is 1.45 bits per heavy atom. The number of carbonyl (C=O) groups excluding carboxylic acids is 1. The summed E-state index contributed by atoms with van der Waals surface area (Å²) in [5.41, 5.74) is 4.46. The van der Waals surface area contributed by atoms with Gasteiger partial charge in [-0.3, -0.25) is 9.69 Å². The molecule has 0 aromatic heterocycles. The summed E-state index contributed by atoms with van der Waals surface area (Å²) in [5, 5.41) is 0. The van der Waals surface area contributed by atoms with Gasteiger partial charge in [-0.1, -0.05) is 48.5 Å². The first kappa shape index (κ1) is 23.1. The Labute approximate surface area is 198 Å². The molecule has 4 heteroatoms. The molecule has 3 aromatic carbocycles. The Balaban J connectivity index is 1.57. The van der Waals surface area contributed by atoms with Crippen molar-refractivity contribution in [3.05, 3.63) is 96.1 Å². The molecule has 1 heterocycles. The number of hydrogen-bond donors (Lipinski definition) is 0. The fraction of sp³-hybridized carbons (Fsp3) is 0.345. The summed E-state index contributed by atoms with van der Waals surface area (Å²) in [6, 6.07) is 30.0. The van der Waals surface area contributed by atoms with Gasteiger partial charge in [-0.15, -0.1) is 0 Å². The van der Waals surface area contributed by atoms with Crippen LogP contribution in [0.1, 0.15) is 42.6 Å². The first-order valence-corrected chi connectivity index (χ1v) is 12.2. The molecule has 1 atom stereocenters. The van der Waals surface area contributed by atoms with E-state index in [4.69, 9.17) is 0 Å². The van der Waals surface area contributed by atoms with E-state index in [1.54, 1.807) is 0 Å². The molecule has 1 fully saturated rings. The summed E-state index contributed by atoms with van der Waals surface area (Å²) in [5.74, 6) is 0.101. The molecular formula is C29H35N3O. The number of anilines is 2. The Morgan fingerprint density at radius 1 is 0.848 bits per heavy atom. The molecular weight excluding hydrogens is 406 g/mol. The lowest BCUT2D eigenvalue weighted by atomic mass is 10.0. The van der Waals surface area contributed by atoms with Gasteiger partial charge >= 0.3 is 0 Å². The highest BCUT2D eigenvalue weighted by Gasteiger charge is 2.27. The quantitative estimate of drug-likeness (QED) is 0.431. The first-order valence-electron chi connectivity index (χ1n) is 12.2. The Hall–Kier alpha value is -3.11. The van der Waals surface area contributed by atoms with Crippen LogP contribution in [0.5, 0.6) is 0 Å². The Kier molecular flexibility index (Phi) is 7.79. The number of nitrogens with zero attached hydrogens (tertiary/aromatic N) is 3. The van der Waals surface area contributed by atoms with Crippen LogP contribution in [0.25, 0.3) is 0 Å². The lowest BCUT2D eigenvalue weighted by Crippen LogP contribution is -2.46. The molecule has 1 amide bonds. The number of para-hydroxylation sites is 1. The summed E-state index contributed by atoms with van der Waals surface area (Å²) in [6.07, 6.45) is 2.33. The van der Waals surface area contributed by atoms with Crippen molar-refractivity contribution in [2.24, 2.45) is 0 Å². The third-order valence-corrected chi connectivity index (χ3v) is 6.57. The maximum Gasteiger partial charge on any atom is 0.253 e. The topological polar surface area (TPSA) is 26.8 Å². The summed E-state index contributed by atoms with van der Waals surface area (Å²) in [4.78, 5) is 19.7. The van der Waals surface area contributed by atoms with E-state index in [1.807, 2.05) is 30.9 Å². The van der Waals surface area contributed by atoms with Crippen molar-refractivity contribution in [1.82, 2.24) is 9.80 Å². The monoisotopic (exact) mass is 441 g/mol. The number of amides is 1. The zero-order valence-electron chi connectivity index (χ0n) is 19.9. The molecule has 0 bridgehead atoms. The smallest absolute Gasteiger partial charge is 0.253 e. The molecule has 1 saturated heterocycles. The van der Waals surface area contributed by atoms with Crippen LogP contribution >= 0.6 is 0 Å². The summed E-state index contributed by atoms with van der Waals surface area (Å²) < 4.78 is 0. The molecule has 3 aromatic rings. The minimum absolute atomic E-state index is 0.101. The zero-order chi connectivity index (χ0) is 23.0. The highest BCUT2D eigenvalue weighted by molar-refractivity contribution is 5.94. The lowest BCUT2D eigenvalue weighted by Gasteiger charge is -2.41. The highest BCUT2D eigenvalue weighted by atomic mass is 16.2. The third kappa shape index (κ3) is 5.63. The maximum absolute atomic E-state index is 12.8. The van der Waals surface area contributed by atoms with Gasteiger partial charge in [0.25, 0.3) is 5.91 Å². The van der Waals surface area contributed by atoms with E-state index < -0.39 is 0 Å². The molecule has 0 spiro atoms. The molecule has 1 aliphatic rings. The third-order valence-electron chi connectivity index (χ3n) is 6.57. The molecule has 0 radical (unpaired) electrons. The van der Waals surface area contributed by atoms with Gasteiger partial charge in [0.1, 0.15) is 0 Å². The SMILES string of the molecule is CCN(CC)C(=O)c1ccc(N(c2ccccc2)C2CCCN(Cc3ccccc3)C2)cc1. The van der Waals surface area contributed by atoms with Gasteiger partial charge in [0.05, 0.1) is 0 Å². The van der Waals surface area contributed by atoms with Crippen molar-refractivity contribution in [2.75, 3.05) is 31.1 Å². The summed E-state index contributed by atoms with van der Waals surface area (Å²) in [7, 11) is 0. The van der Waals surface area contributed by atoms with Crippen LogP contribution in [-0.4, -0.2) is 47.9 Å². The maximum atomic E-state index is 12.8. The van der Waals surface area contributed by atoms with Crippen molar-refractivity contribution in [1.29, 1.82) is 0 Å². The number of rotatable bonds is 8. The van der Waals surface area contributed by atoms with Crippen LogP contribution in [0, 0.1) is 0 Å². The zero-order valence-corrected chi connectivity index (χ0v) is 19.9. The van der Waals surface area contributed by atoms with Crippen LogP contribution in [-0.2, 0) is 6.54 Å². The van der Waals surface area contributed by atoms with E-state index in [1.165, 1.54) is 17.7 Å². The fourth-order valence-electron chi connectivity index (χ4n) is 4.84. The fourth-order valence-corrected chi connectivity index (χ4v) is 4.84. The number of hydrogen-bond acceptors (Lipinski definition) is 3. The van der Waals surface area contributed by atoms with E-state index in [0.29, 0.717) is 6.04 Å². The molecule has 172 valence electrons. The molecule has 0 saturated carbocycles. The molecule has 33 heavy (non-hydrogen) atoms. The van der Waals surface area contributed by atoms with Gasteiger partial charge in [-0.05, 0) is 75.2 Å². The van der Waals surface area contributed by atoms with E-state index in [-0.39, 0.29) is 5.91 Å². The van der Waals surface area contributed by atoms with E-state index >= 15 is 0 Å². The second kappa shape index (κ2) is 11.2. The Morgan fingerprint density at radius 3 is 2.09 bits per heavy atom. The standard InChI is InChI=1S/C29H35N3O/c1-3-31(4-2)29(33)25-17-19-27(20-18-25)32(26-14-9-6-10-15-26)28-16-11-21-30(23-28)22-24-12-7-5-8-13-24/h5-10,12-15,17-20,28H,3-4,11,16,21-23H2,1-2H3. The molecule has 0 N–H and O–H groups in total. The van der Waals surface area contributed by atoms with Crippen LogP contribution < -0.4 is 4.90 Å². The van der Waals surface area contributed by atoms with Gasteiger partial charge in [0, 0.05) is 49.2 Å². The summed E-state index contributed by atoms with van der Waals surface area (Å²) >= 11 is 0. The van der Waals surface area contributed by atoms with Crippen molar-refractivity contribution in [2.45, 2.75) is 39.3 Å². The van der Waals surface area contributed by atoms with E-state index in [0.717, 1.165) is 50.4 Å². The first-order chi connectivity index (χ1) is 16.2.